The van der Waals surface area contributed by atoms with Crippen LogP contribution in [0.1, 0.15) is 109 Å². The van der Waals surface area contributed by atoms with Gasteiger partial charge in [0.05, 0.1) is 6.10 Å². The second-order valence-electron chi connectivity index (χ2n) is 9.65. The molecule has 0 aromatic heterocycles. The summed E-state index contributed by atoms with van der Waals surface area (Å²) < 4.78 is 0. The van der Waals surface area contributed by atoms with E-state index in [1.165, 1.54) is 44.1 Å². The van der Waals surface area contributed by atoms with Crippen molar-refractivity contribution in [3.8, 4) is 0 Å². The predicted octanol–water partition coefficient (Wildman–Crippen LogP) is 7.43. The molecule has 1 aromatic rings. The molecule has 2 N–H and O–H groups in total. The van der Waals surface area contributed by atoms with E-state index < -0.39 is 5.97 Å². The van der Waals surface area contributed by atoms with E-state index >= 15 is 0 Å². The molecule has 1 aliphatic carbocycles. The lowest BCUT2D eigenvalue weighted by molar-refractivity contribution is -0.138. The Morgan fingerprint density at radius 1 is 1.03 bits per heavy atom. The van der Waals surface area contributed by atoms with Crippen molar-refractivity contribution in [1.82, 2.24) is 0 Å². The Labute approximate surface area is 190 Å². The summed E-state index contributed by atoms with van der Waals surface area (Å²) in [6.45, 7) is 2.18. The Hall–Kier alpha value is -1.61. The highest BCUT2D eigenvalue weighted by atomic mass is 16.4. The van der Waals surface area contributed by atoms with E-state index in [0.29, 0.717) is 6.42 Å². The second-order valence-corrected chi connectivity index (χ2v) is 9.65. The van der Waals surface area contributed by atoms with Crippen molar-refractivity contribution in [3.63, 3.8) is 0 Å². The molecule has 3 nitrogen and oxygen atoms in total. The van der Waals surface area contributed by atoms with Gasteiger partial charge in [-0.3, -0.25) is 4.79 Å². The molecule has 31 heavy (non-hydrogen) atoms. The second kappa shape index (κ2) is 14.5. The molecule has 0 spiro atoms. The van der Waals surface area contributed by atoms with Gasteiger partial charge in [-0.15, -0.1) is 0 Å². The van der Waals surface area contributed by atoms with Crippen LogP contribution >= 0.6 is 0 Å². The van der Waals surface area contributed by atoms with E-state index in [9.17, 15) is 15.0 Å². The highest BCUT2D eigenvalue weighted by Gasteiger charge is 2.37. The van der Waals surface area contributed by atoms with Crippen LogP contribution in [0, 0.1) is 5.92 Å². The van der Waals surface area contributed by atoms with Gasteiger partial charge in [0.25, 0.3) is 0 Å². The Morgan fingerprint density at radius 2 is 1.74 bits per heavy atom. The van der Waals surface area contributed by atoms with Crippen LogP contribution in [0.25, 0.3) is 0 Å². The zero-order valence-corrected chi connectivity index (χ0v) is 19.6. The molecule has 3 heteroatoms. The molecule has 1 saturated carbocycles. The Bertz CT molecular complexity index is 631. The Kier molecular flexibility index (Phi) is 12.0. The van der Waals surface area contributed by atoms with Crippen LogP contribution in [0.2, 0.25) is 0 Å². The maximum absolute atomic E-state index is 11.5. The van der Waals surface area contributed by atoms with E-state index in [4.69, 9.17) is 0 Å². The molecule has 0 amide bonds. The van der Waals surface area contributed by atoms with Crippen molar-refractivity contribution in [2.75, 3.05) is 0 Å². The number of hydrogen-bond donors (Lipinski definition) is 2. The van der Waals surface area contributed by atoms with Crippen LogP contribution in [0.5, 0.6) is 0 Å². The number of rotatable bonds is 16. The highest BCUT2D eigenvalue weighted by Crippen LogP contribution is 2.46. The third kappa shape index (κ3) is 9.60. The topological polar surface area (TPSA) is 57.5 Å². The highest BCUT2D eigenvalue weighted by molar-refractivity contribution is 5.67. The van der Waals surface area contributed by atoms with Crippen LogP contribution < -0.4 is 0 Å². The van der Waals surface area contributed by atoms with Gasteiger partial charge in [0.1, 0.15) is 0 Å². The molecule has 2 atom stereocenters. The Morgan fingerprint density at radius 3 is 2.42 bits per heavy atom. The number of unbranched alkanes of at least 4 members (excludes halogenated alkanes) is 5. The summed E-state index contributed by atoms with van der Waals surface area (Å²) in [5.41, 5.74) is 1.59. The monoisotopic (exact) mass is 428 g/mol. The summed E-state index contributed by atoms with van der Waals surface area (Å²) in [5, 5.41) is 19.4. The fourth-order valence-corrected chi connectivity index (χ4v) is 5.35. The fraction of sp³-hybridized carbons (Fsp3) is 0.679. The molecule has 1 aromatic carbocycles. The minimum Gasteiger partial charge on any atom is -0.481 e. The number of carbonyl (C=O) groups is 1. The number of carboxylic acid groups (broad SMARTS) is 1. The number of aliphatic hydroxyl groups excluding tert-OH is 1. The van der Waals surface area contributed by atoms with Gasteiger partial charge in [0, 0.05) is 6.42 Å². The van der Waals surface area contributed by atoms with Crippen molar-refractivity contribution in [2.24, 2.45) is 5.92 Å². The Balaban J connectivity index is 1.77. The van der Waals surface area contributed by atoms with Gasteiger partial charge < -0.3 is 10.2 Å². The number of aliphatic carboxylic acids is 1. The molecule has 0 bridgehead atoms. The fourth-order valence-electron chi connectivity index (χ4n) is 5.35. The minimum atomic E-state index is -0.661. The largest absolute Gasteiger partial charge is 0.481 e. The van der Waals surface area contributed by atoms with Gasteiger partial charge in [-0.2, -0.15) is 0 Å². The molecule has 0 heterocycles. The van der Waals surface area contributed by atoms with E-state index in [1.807, 2.05) is 6.08 Å². The zero-order valence-electron chi connectivity index (χ0n) is 19.6. The number of benzene rings is 1. The molecule has 2 rings (SSSR count). The van der Waals surface area contributed by atoms with Gasteiger partial charge in [-0.1, -0.05) is 94.4 Å². The van der Waals surface area contributed by atoms with Crippen molar-refractivity contribution in [1.29, 1.82) is 0 Å². The average molecular weight is 429 g/mol. The first-order valence-corrected chi connectivity index (χ1v) is 12.7. The molecular weight excluding hydrogens is 384 g/mol. The molecule has 0 aliphatic heterocycles. The van der Waals surface area contributed by atoms with Crippen molar-refractivity contribution < 1.29 is 15.0 Å². The van der Waals surface area contributed by atoms with Gasteiger partial charge >= 0.3 is 5.97 Å². The van der Waals surface area contributed by atoms with Crippen molar-refractivity contribution >= 4 is 5.97 Å². The number of hydrogen-bond acceptors (Lipinski definition) is 2. The van der Waals surface area contributed by atoms with Crippen LogP contribution in [0.4, 0.5) is 0 Å². The summed E-state index contributed by atoms with van der Waals surface area (Å²) in [7, 11) is 0. The first kappa shape index (κ1) is 25.6. The van der Waals surface area contributed by atoms with Gasteiger partial charge in [0.15, 0.2) is 0 Å². The molecule has 174 valence electrons. The predicted molar refractivity (Wildman–Crippen MR) is 129 cm³/mol. The van der Waals surface area contributed by atoms with Gasteiger partial charge in [-0.05, 0) is 61.8 Å². The minimum absolute atomic E-state index is 0.179. The average Bonchev–Trinajstić information content (AvgIpc) is 3.23. The lowest BCUT2D eigenvalue weighted by Crippen LogP contribution is -2.27. The van der Waals surface area contributed by atoms with E-state index in [-0.39, 0.29) is 17.4 Å². The normalized spacial score (nSPS) is 17.7. The lowest BCUT2D eigenvalue weighted by atomic mass is 9.71. The third-order valence-electron chi connectivity index (χ3n) is 7.03. The van der Waals surface area contributed by atoms with Crippen LogP contribution in [-0.4, -0.2) is 22.3 Å². The smallest absolute Gasteiger partial charge is 0.303 e. The zero-order chi connectivity index (χ0) is 22.4. The summed E-state index contributed by atoms with van der Waals surface area (Å²) in [6.07, 6.45) is 19.6. The van der Waals surface area contributed by atoms with Crippen LogP contribution in [0.3, 0.4) is 0 Å². The molecular formula is C28H44O3. The lowest BCUT2D eigenvalue weighted by Gasteiger charge is -2.33. The SMILES string of the molecule is CCCCC[C@@H](O)C=CCCCCC[C@H](CC(=O)O)CC1(c2ccccc2)CCCC1. The molecule has 0 saturated heterocycles. The van der Waals surface area contributed by atoms with Crippen LogP contribution in [-0.2, 0) is 10.2 Å². The maximum Gasteiger partial charge on any atom is 0.303 e. The summed E-state index contributed by atoms with van der Waals surface area (Å²) in [4.78, 5) is 11.5. The number of allylic oxidation sites excluding steroid dienone is 1. The van der Waals surface area contributed by atoms with E-state index in [0.717, 1.165) is 51.4 Å². The molecule has 1 aliphatic rings. The number of aliphatic hydroxyl groups is 1. The van der Waals surface area contributed by atoms with Crippen molar-refractivity contribution in [3.05, 3.63) is 48.0 Å². The first-order chi connectivity index (χ1) is 15.1. The summed E-state index contributed by atoms with van der Waals surface area (Å²) in [5.74, 6) is -0.405. The standard InChI is InChI=1S/C28H44O3/c1-2-3-8-18-26(29)19-12-6-4-5-9-15-24(22-27(30)31)23-28(20-13-14-21-28)25-16-10-7-11-17-25/h7,10-12,16-17,19,24,26,29H,2-6,8-9,13-15,18,20-23H2,1H3,(H,30,31)/t24-,26-/m1/s1. The van der Waals surface area contributed by atoms with Gasteiger partial charge in [0.2, 0.25) is 0 Å². The maximum atomic E-state index is 11.5. The van der Waals surface area contributed by atoms with Gasteiger partial charge in [-0.25, -0.2) is 0 Å². The number of carboxylic acids is 1. The van der Waals surface area contributed by atoms with Crippen LogP contribution in [0.15, 0.2) is 42.5 Å². The molecule has 0 unspecified atom stereocenters. The molecule has 0 radical (unpaired) electrons. The van der Waals surface area contributed by atoms with Crippen molar-refractivity contribution in [2.45, 2.75) is 115 Å². The van der Waals surface area contributed by atoms with E-state index in [1.54, 1.807) is 0 Å². The molecule has 1 fully saturated rings. The summed E-state index contributed by atoms with van der Waals surface area (Å²) >= 11 is 0. The van der Waals surface area contributed by atoms with E-state index in [2.05, 4.69) is 43.3 Å². The third-order valence-corrected chi connectivity index (χ3v) is 7.03. The quantitative estimate of drug-likeness (QED) is 0.213. The summed E-state index contributed by atoms with van der Waals surface area (Å²) in [6, 6.07) is 10.8. The first-order valence-electron chi connectivity index (χ1n) is 12.7.